The highest BCUT2D eigenvalue weighted by Crippen LogP contribution is 2.14. The van der Waals surface area contributed by atoms with Crippen LogP contribution >= 0.6 is 11.6 Å². The van der Waals surface area contributed by atoms with Gasteiger partial charge in [0.05, 0.1) is 12.0 Å². The number of carboxylic acid groups (broad SMARTS) is 2. The predicted octanol–water partition coefficient (Wildman–Crippen LogP) is 0.436. The lowest BCUT2D eigenvalue weighted by atomic mass is 10.00. The van der Waals surface area contributed by atoms with E-state index in [9.17, 15) is 33.9 Å². The zero-order valence-corrected chi connectivity index (χ0v) is 19.1. The zero-order valence-electron chi connectivity index (χ0n) is 18.3. The molecule has 0 aromatic rings. The van der Waals surface area contributed by atoms with Crippen molar-refractivity contribution >= 4 is 46.4 Å². The molecule has 12 heteroatoms. The van der Waals surface area contributed by atoms with Crippen LogP contribution in [0.2, 0.25) is 0 Å². The van der Waals surface area contributed by atoms with Gasteiger partial charge >= 0.3 is 11.9 Å². The molecule has 0 spiro atoms. The van der Waals surface area contributed by atoms with E-state index in [2.05, 4.69) is 16.0 Å². The number of carbonyl (C=O) groups is 6. The maximum Gasteiger partial charge on any atom is 0.326 e. The van der Waals surface area contributed by atoms with Gasteiger partial charge in [-0.2, -0.15) is 0 Å². The van der Waals surface area contributed by atoms with Crippen LogP contribution in [-0.2, 0) is 28.8 Å². The number of carboxylic acids is 2. The van der Waals surface area contributed by atoms with E-state index in [1.165, 1.54) is 6.92 Å². The Balaban J connectivity index is 4.32. The number of ketones is 1. The fourth-order valence-corrected chi connectivity index (χ4v) is 3.14. The maximum atomic E-state index is 12.0. The molecule has 5 N–H and O–H groups in total. The molecule has 0 aliphatic carbocycles. The van der Waals surface area contributed by atoms with Crippen LogP contribution in [-0.4, -0.2) is 70.7 Å². The van der Waals surface area contributed by atoms with E-state index in [0.717, 1.165) is 6.42 Å². The minimum absolute atomic E-state index is 0.0457. The number of rotatable bonds is 18. The molecule has 0 fully saturated rings. The van der Waals surface area contributed by atoms with Gasteiger partial charge in [-0.3, -0.25) is 24.0 Å². The van der Waals surface area contributed by atoms with E-state index in [4.69, 9.17) is 16.7 Å². The van der Waals surface area contributed by atoms with Crippen LogP contribution in [0, 0.1) is 5.92 Å². The topological polar surface area (TPSA) is 179 Å². The second kappa shape index (κ2) is 16.2. The SMILES string of the molecule is CNC(CCCCNC(=O)CCC(NC(=O)CCC(CC(=O)Cl)C(=O)O)C(=O)O)C(C)=O. The van der Waals surface area contributed by atoms with E-state index < -0.39 is 41.5 Å². The van der Waals surface area contributed by atoms with Crippen LogP contribution in [0.15, 0.2) is 0 Å². The van der Waals surface area contributed by atoms with Crippen LogP contribution in [0.3, 0.4) is 0 Å². The van der Waals surface area contributed by atoms with Crippen LogP contribution in [0.25, 0.3) is 0 Å². The van der Waals surface area contributed by atoms with Crippen molar-refractivity contribution in [3.63, 3.8) is 0 Å². The zero-order chi connectivity index (χ0) is 24.7. The summed E-state index contributed by atoms with van der Waals surface area (Å²) < 4.78 is 0. The number of likely N-dealkylation sites (N-methyl/N-ethyl adjacent to an activating group) is 1. The molecule has 3 atom stereocenters. The van der Waals surface area contributed by atoms with Crippen LogP contribution < -0.4 is 16.0 Å². The van der Waals surface area contributed by atoms with Crippen molar-refractivity contribution in [3.05, 3.63) is 0 Å². The molecule has 0 saturated heterocycles. The second-order valence-electron chi connectivity index (χ2n) is 7.43. The Morgan fingerprint density at radius 3 is 1.97 bits per heavy atom. The smallest absolute Gasteiger partial charge is 0.326 e. The molecular weight excluding hydrogens is 446 g/mol. The Kier molecular flexibility index (Phi) is 14.9. The highest BCUT2D eigenvalue weighted by molar-refractivity contribution is 6.63. The molecule has 2 amide bonds. The Hall–Kier alpha value is -2.53. The first-order valence-electron chi connectivity index (χ1n) is 10.4. The first-order valence-corrected chi connectivity index (χ1v) is 10.7. The maximum absolute atomic E-state index is 12.0. The van der Waals surface area contributed by atoms with Gasteiger partial charge in [0, 0.05) is 25.8 Å². The van der Waals surface area contributed by atoms with Crippen LogP contribution in [0.5, 0.6) is 0 Å². The summed E-state index contributed by atoms with van der Waals surface area (Å²) in [5, 5.41) is 25.3. The van der Waals surface area contributed by atoms with Gasteiger partial charge < -0.3 is 26.2 Å². The number of nitrogens with one attached hydrogen (secondary N) is 3. The molecule has 0 aromatic heterocycles. The first-order chi connectivity index (χ1) is 15.0. The number of amides is 2. The standard InChI is InChI=1S/C20H32ClN3O8/c1-12(25)14(22-2)5-3-4-10-23-17(27)9-7-15(20(31)32)24-18(28)8-6-13(19(29)30)11-16(21)26/h13-15,22H,3-11H2,1-2H3,(H,23,27)(H,24,28)(H,29,30)(H,31,32). The van der Waals surface area contributed by atoms with Crippen molar-refractivity contribution in [2.75, 3.05) is 13.6 Å². The first kappa shape index (κ1) is 29.5. The van der Waals surface area contributed by atoms with Gasteiger partial charge in [-0.05, 0) is 57.7 Å². The fourth-order valence-electron chi connectivity index (χ4n) is 2.95. The summed E-state index contributed by atoms with van der Waals surface area (Å²) in [5.74, 6) is -4.76. The third-order valence-corrected chi connectivity index (χ3v) is 5.00. The van der Waals surface area contributed by atoms with Crippen LogP contribution in [0.4, 0.5) is 0 Å². The normalized spacial score (nSPS) is 13.5. The minimum Gasteiger partial charge on any atom is -0.481 e. The highest BCUT2D eigenvalue weighted by atomic mass is 35.5. The second-order valence-corrected chi connectivity index (χ2v) is 7.85. The van der Waals surface area contributed by atoms with Gasteiger partial charge in [-0.15, -0.1) is 0 Å². The summed E-state index contributed by atoms with van der Waals surface area (Å²) in [6, 6.07) is -1.52. The number of carbonyl (C=O) groups excluding carboxylic acids is 4. The third-order valence-electron chi connectivity index (χ3n) is 4.85. The number of hydrogen-bond donors (Lipinski definition) is 5. The Morgan fingerprint density at radius 2 is 1.47 bits per heavy atom. The lowest BCUT2D eigenvalue weighted by Crippen LogP contribution is -2.41. The number of unbranched alkanes of at least 4 members (excludes halogenated alkanes) is 1. The predicted molar refractivity (Wildman–Crippen MR) is 115 cm³/mol. The quantitative estimate of drug-likeness (QED) is 0.138. The van der Waals surface area contributed by atoms with Gasteiger partial charge in [-0.1, -0.05) is 0 Å². The molecular formula is C20H32ClN3O8. The van der Waals surface area contributed by atoms with Crippen molar-refractivity contribution < 1.29 is 39.0 Å². The monoisotopic (exact) mass is 477 g/mol. The van der Waals surface area contributed by atoms with Crippen molar-refractivity contribution in [3.8, 4) is 0 Å². The van der Waals surface area contributed by atoms with Crippen molar-refractivity contribution in [2.45, 2.75) is 70.4 Å². The molecule has 0 bridgehead atoms. The fraction of sp³-hybridized carbons (Fsp3) is 0.700. The Bertz CT molecular complexity index is 686. The number of aliphatic carboxylic acids is 2. The summed E-state index contributed by atoms with van der Waals surface area (Å²) in [5.41, 5.74) is 0. The van der Waals surface area contributed by atoms with Crippen molar-refractivity contribution in [1.29, 1.82) is 0 Å². The number of halogens is 1. The van der Waals surface area contributed by atoms with E-state index in [1.54, 1.807) is 7.05 Å². The molecule has 3 unspecified atom stereocenters. The molecule has 0 rings (SSSR count). The Labute approximate surface area is 191 Å². The van der Waals surface area contributed by atoms with Gasteiger partial charge in [0.25, 0.3) is 0 Å². The van der Waals surface area contributed by atoms with E-state index >= 15 is 0 Å². The highest BCUT2D eigenvalue weighted by Gasteiger charge is 2.24. The largest absolute Gasteiger partial charge is 0.481 e. The molecule has 11 nitrogen and oxygen atoms in total. The van der Waals surface area contributed by atoms with E-state index in [-0.39, 0.29) is 43.4 Å². The molecule has 0 aromatic carbocycles. The van der Waals surface area contributed by atoms with E-state index in [0.29, 0.717) is 19.4 Å². The van der Waals surface area contributed by atoms with Gasteiger partial charge in [0.1, 0.15) is 11.8 Å². The Morgan fingerprint density at radius 1 is 0.844 bits per heavy atom. The van der Waals surface area contributed by atoms with E-state index in [1.807, 2.05) is 0 Å². The van der Waals surface area contributed by atoms with Gasteiger partial charge in [-0.25, -0.2) is 4.79 Å². The molecule has 0 aliphatic heterocycles. The minimum atomic E-state index is -1.32. The van der Waals surface area contributed by atoms with Gasteiger partial charge in [0.2, 0.25) is 17.1 Å². The summed E-state index contributed by atoms with van der Waals surface area (Å²) in [4.78, 5) is 68.5. The molecule has 0 radical (unpaired) electrons. The molecule has 0 saturated carbocycles. The van der Waals surface area contributed by atoms with Crippen molar-refractivity contribution in [2.24, 2.45) is 5.92 Å². The lowest BCUT2D eigenvalue weighted by molar-refractivity contribution is -0.144. The third kappa shape index (κ3) is 13.7. The average Bonchev–Trinajstić information content (AvgIpc) is 2.69. The summed E-state index contributed by atoms with van der Waals surface area (Å²) in [6.07, 6.45) is 0.866. The van der Waals surface area contributed by atoms with Crippen molar-refractivity contribution in [1.82, 2.24) is 16.0 Å². The molecule has 32 heavy (non-hydrogen) atoms. The molecule has 182 valence electrons. The number of hydrogen-bond acceptors (Lipinski definition) is 7. The van der Waals surface area contributed by atoms with Crippen LogP contribution in [0.1, 0.15) is 58.3 Å². The summed E-state index contributed by atoms with van der Waals surface area (Å²) in [6.45, 7) is 1.89. The molecule has 0 aliphatic rings. The lowest BCUT2D eigenvalue weighted by Gasteiger charge is -2.16. The average molecular weight is 478 g/mol. The van der Waals surface area contributed by atoms with Gasteiger partial charge in [0.15, 0.2) is 0 Å². The summed E-state index contributed by atoms with van der Waals surface area (Å²) >= 11 is 5.18. The molecule has 0 heterocycles. The summed E-state index contributed by atoms with van der Waals surface area (Å²) in [7, 11) is 1.71. The number of Topliss-reactive ketones (excluding diaryl/α,β-unsaturated/α-hetero) is 1.